The van der Waals surface area contributed by atoms with E-state index in [-0.39, 0.29) is 11.8 Å². The molecule has 0 bridgehead atoms. The van der Waals surface area contributed by atoms with Gasteiger partial charge in [-0.25, -0.2) is 9.78 Å². The third kappa shape index (κ3) is 5.38. The van der Waals surface area contributed by atoms with Crippen LogP contribution in [0.25, 0.3) is 0 Å². The van der Waals surface area contributed by atoms with Gasteiger partial charge in [-0.2, -0.15) is 0 Å². The summed E-state index contributed by atoms with van der Waals surface area (Å²) in [5.74, 6) is 0.618. The predicted octanol–water partition coefficient (Wildman–Crippen LogP) is 2.43. The Balaban J connectivity index is 1.78. The molecule has 1 aromatic heterocycles. The molecule has 0 fully saturated rings. The topological polar surface area (TPSA) is 99.8 Å². The largest absolute Gasteiger partial charge is 0.334 e. The van der Waals surface area contributed by atoms with E-state index in [1.54, 1.807) is 6.92 Å². The van der Waals surface area contributed by atoms with Crippen LogP contribution in [0.4, 0.5) is 4.79 Å². The number of aromatic nitrogens is 3. The van der Waals surface area contributed by atoms with Crippen LogP contribution in [0.5, 0.6) is 0 Å². The highest BCUT2D eigenvalue weighted by Gasteiger charge is 2.19. The summed E-state index contributed by atoms with van der Waals surface area (Å²) in [6, 6.07) is 8.96. The van der Waals surface area contributed by atoms with E-state index in [9.17, 15) is 9.59 Å². The number of benzene rings is 1. The summed E-state index contributed by atoms with van der Waals surface area (Å²) >= 11 is 1.20. The molecule has 1 heterocycles. The lowest BCUT2D eigenvalue weighted by atomic mass is 10.2. The van der Waals surface area contributed by atoms with Gasteiger partial charge in [-0.1, -0.05) is 55.9 Å². The average molecular weight is 347 g/mol. The number of H-pyrrole nitrogens is 1. The monoisotopic (exact) mass is 347 g/mol. The fourth-order valence-corrected chi connectivity index (χ4v) is 2.55. The summed E-state index contributed by atoms with van der Waals surface area (Å²) in [4.78, 5) is 28.1. The van der Waals surface area contributed by atoms with Gasteiger partial charge in [0.15, 0.2) is 0 Å². The fraction of sp³-hybridized carbons (Fsp3) is 0.375. The highest BCUT2D eigenvalue weighted by Crippen LogP contribution is 2.20. The number of rotatable bonds is 6. The third-order valence-corrected chi connectivity index (χ3v) is 4.17. The van der Waals surface area contributed by atoms with Crippen molar-refractivity contribution in [2.75, 3.05) is 0 Å². The first-order chi connectivity index (χ1) is 11.5. The number of carbonyl (C=O) groups is 2. The number of thioether (sulfide) groups is 1. The second-order valence-electron chi connectivity index (χ2n) is 5.58. The minimum Gasteiger partial charge on any atom is -0.334 e. The van der Waals surface area contributed by atoms with Crippen molar-refractivity contribution in [1.82, 2.24) is 25.8 Å². The van der Waals surface area contributed by atoms with Gasteiger partial charge >= 0.3 is 6.03 Å². The van der Waals surface area contributed by atoms with Gasteiger partial charge < -0.3 is 5.32 Å². The zero-order chi connectivity index (χ0) is 17.5. The summed E-state index contributed by atoms with van der Waals surface area (Å²) in [7, 11) is 0. The Labute approximate surface area is 145 Å². The van der Waals surface area contributed by atoms with E-state index in [0.717, 1.165) is 11.4 Å². The van der Waals surface area contributed by atoms with E-state index < -0.39 is 11.3 Å². The van der Waals surface area contributed by atoms with Crippen LogP contribution < -0.4 is 10.6 Å². The van der Waals surface area contributed by atoms with Crippen molar-refractivity contribution in [3.8, 4) is 0 Å². The number of nitrogens with one attached hydrogen (secondary N) is 3. The number of hydrogen-bond donors (Lipinski definition) is 3. The molecule has 3 amide bonds. The molecule has 8 heteroatoms. The Morgan fingerprint density at radius 3 is 2.54 bits per heavy atom. The van der Waals surface area contributed by atoms with Gasteiger partial charge in [0.05, 0.1) is 5.25 Å². The molecule has 0 saturated heterocycles. The van der Waals surface area contributed by atoms with Crippen LogP contribution in [-0.4, -0.2) is 32.4 Å². The molecule has 0 spiro atoms. The Morgan fingerprint density at radius 1 is 1.21 bits per heavy atom. The summed E-state index contributed by atoms with van der Waals surface area (Å²) in [5, 5.41) is 11.9. The average Bonchev–Trinajstić information content (AvgIpc) is 3.02. The van der Waals surface area contributed by atoms with E-state index in [1.165, 1.54) is 11.8 Å². The number of nitrogens with zero attached hydrogens (tertiary/aromatic N) is 2. The van der Waals surface area contributed by atoms with E-state index in [0.29, 0.717) is 11.7 Å². The second kappa shape index (κ2) is 8.49. The van der Waals surface area contributed by atoms with Crippen LogP contribution in [0.2, 0.25) is 0 Å². The fourth-order valence-electron chi connectivity index (χ4n) is 1.82. The second-order valence-corrected chi connectivity index (χ2v) is 6.88. The van der Waals surface area contributed by atoms with E-state index in [2.05, 4.69) is 25.8 Å². The molecule has 1 atom stereocenters. The Bertz CT molecular complexity index is 687. The number of amides is 3. The molecule has 128 valence electrons. The van der Waals surface area contributed by atoms with Crippen molar-refractivity contribution in [2.24, 2.45) is 0 Å². The lowest BCUT2D eigenvalue weighted by Gasteiger charge is -2.10. The summed E-state index contributed by atoms with van der Waals surface area (Å²) in [5.41, 5.74) is 0.962. The van der Waals surface area contributed by atoms with Crippen molar-refractivity contribution in [2.45, 2.75) is 43.6 Å². The summed E-state index contributed by atoms with van der Waals surface area (Å²) < 4.78 is 0. The molecule has 0 radical (unpaired) electrons. The molecular formula is C16H21N5O2S. The highest BCUT2D eigenvalue weighted by atomic mass is 32.2. The molecule has 0 aliphatic heterocycles. The molecule has 2 aromatic rings. The maximum atomic E-state index is 12.1. The molecule has 0 aliphatic rings. The minimum absolute atomic E-state index is 0.236. The Kier molecular flexibility index (Phi) is 6.36. The van der Waals surface area contributed by atoms with Crippen molar-refractivity contribution in [1.29, 1.82) is 0 Å². The van der Waals surface area contributed by atoms with Crippen LogP contribution in [0.3, 0.4) is 0 Å². The van der Waals surface area contributed by atoms with Gasteiger partial charge in [0, 0.05) is 12.5 Å². The van der Waals surface area contributed by atoms with E-state index >= 15 is 0 Å². The van der Waals surface area contributed by atoms with Crippen LogP contribution in [0, 0.1) is 0 Å². The number of aromatic amines is 1. The Hall–Kier alpha value is -2.35. The molecule has 0 aliphatic carbocycles. The van der Waals surface area contributed by atoms with Crippen LogP contribution in [0.1, 0.15) is 38.1 Å². The van der Waals surface area contributed by atoms with Gasteiger partial charge in [-0.3, -0.25) is 15.2 Å². The summed E-state index contributed by atoms with van der Waals surface area (Å²) in [6.07, 6.45) is 0. The van der Waals surface area contributed by atoms with Crippen LogP contribution in [-0.2, 0) is 11.3 Å². The first-order valence-corrected chi connectivity index (χ1v) is 8.55. The van der Waals surface area contributed by atoms with Gasteiger partial charge in [-0.15, -0.1) is 5.10 Å². The highest BCUT2D eigenvalue weighted by molar-refractivity contribution is 8.00. The standard InChI is InChI=1S/C16H21N5O2S/c1-10(2)13-18-16(21-20-13)24-11(3)14(22)19-15(23)17-9-12-7-5-4-6-8-12/h4-8,10-11H,9H2,1-3H3,(H,18,20,21)(H2,17,19,22,23). The quantitative estimate of drug-likeness (QED) is 0.697. The zero-order valence-electron chi connectivity index (χ0n) is 13.9. The number of imide groups is 1. The van der Waals surface area contributed by atoms with Crippen molar-refractivity contribution >= 4 is 23.7 Å². The lowest BCUT2D eigenvalue weighted by molar-refractivity contribution is -0.119. The maximum absolute atomic E-state index is 12.1. The van der Waals surface area contributed by atoms with Crippen molar-refractivity contribution in [3.63, 3.8) is 0 Å². The first-order valence-electron chi connectivity index (χ1n) is 7.67. The number of carbonyl (C=O) groups excluding carboxylic acids is 2. The van der Waals surface area contributed by atoms with Gasteiger partial charge in [0.1, 0.15) is 5.82 Å². The van der Waals surface area contributed by atoms with Gasteiger partial charge in [0.2, 0.25) is 11.1 Å². The molecular weight excluding hydrogens is 326 g/mol. The van der Waals surface area contributed by atoms with E-state index in [4.69, 9.17) is 0 Å². The van der Waals surface area contributed by atoms with Crippen molar-refractivity contribution in [3.05, 3.63) is 41.7 Å². The first kappa shape index (κ1) is 18.0. The van der Waals surface area contributed by atoms with Gasteiger partial charge in [0.25, 0.3) is 0 Å². The minimum atomic E-state index is -0.519. The third-order valence-electron chi connectivity index (χ3n) is 3.21. The predicted molar refractivity (Wildman–Crippen MR) is 92.6 cm³/mol. The smallest absolute Gasteiger partial charge is 0.321 e. The number of hydrogen-bond acceptors (Lipinski definition) is 5. The molecule has 7 nitrogen and oxygen atoms in total. The SMILES string of the molecule is CC(Sc1n[nH]c(C(C)C)n1)C(=O)NC(=O)NCc1ccccc1. The van der Waals surface area contributed by atoms with Crippen LogP contribution >= 0.6 is 11.8 Å². The molecule has 24 heavy (non-hydrogen) atoms. The zero-order valence-corrected chi connectivity index (χ0v) is 14.7. The molecule has 1 unspecified atom stereocenters. The molecule has 2 rings (SSSR count). The van der Waals surface area contributed by atoms with Crippen molar-refractivity contribution < 1.29 is 9.59 Å². The lowest BCUT2D eigenvalue weighted by Crippen LogP contribution is -2.42. The number of urea groups is 1. The molecule has 1 aromatic carbocycles. The van der Waals surface area contributed by atoms with Gasteiger partial charge in [-0.05, 0) is 12.5 Å². The summed E-state index contributed by atoms with van der Waals surface area (Å²) in [6.45, 7) is 6.07. The maximum Gasteiger partial charge on any atom is 0.321 e. The van der Waals surface area contributed by atoms with E-state index in [1.807, 2.05) is 44.2 Å². The van der Waals surface area contributed by atoms with Crippen LogP contribution in [0.15, 0.2) is 35.5 Å². The Morgan fingerprint density at radius 2 is 1.92 bits per heavy atom. The molecule has 3 N–H and O–H groups in total. The normalized spacial score (nSPS) is 12.0. The molecule has 0 saturated carbocycles.